The average Bonchev–Trinajstić information content (AvgIpc) is 3.32. The molecule has 1 N–H and O–H groups in total. The van der Waals surface area contributed by atoms with Crippen LogP contribution >= 0.6 is 11.3 Å². The van der Waals surface area contributed by atoms with Gasteiger partial charge in [-0.25, -0.2) is 4.98 Å². The predicted molar refractivity (Wildman–Crippen MR) is 110 cm³/mol. The molecule has 28 heavy (non-hydrogen) atoms. The summed E-state index contributed by atoms with van der Waals surface area (Å²) in [6.45, 7) is 7.21. The summed E-state index contributed by atoms with van der Waals surface area (Å²) >= 11 is 1.51. The third-order valence-electron chi connectivity index (χ3n) is 4.67. The molecule has 0 aliphatic rings. The van der Waals surface area contributed by atoms with Gasteiger partial charge in [0.15, 0.2) is 0 Å². The van der Waals surface area contributed by atoms with Crippen molar-refractivity contribution in [1.29, 1.82) is 0 Å². The molecule has 7 nitrogen and oxygen atoms in total. The minimum atomic E-state index is -0.0614. The van der Waals surface area contributed by atoms with Crippen LogP contribution in [0.25, 0.3) is 22.1 Å². The van der Waals surface area contributed by atoms with E-state index in [1.807, 2.05) is 25.3 Å². The van der Waals surface area contributed by atoms with Crippen molar-refractivity contribution < 1.29 is 9.53 Å². The zero-order valence-corrected chi connectivity index (χ0v) is 17.4. The lowest BCUT2D eigenvalue weighted by Crippen LogP contribution is -2.32. The number of carbonyl (C=O) groups is 1. The van der Waals surface area contributed by atoms with E-state index in [9.17, 15) is 4.79 Å². The summed E-state index contributed by atoms with van der Waals surface area (Å²) in [5.74, 6) is -0.0614. The van der Waals surface area contributed by atoms with E-state index < -0.39 is 0 Å². The maximum Gasteiger partial charge on any atom is 0.253 e. The number of ether oxygens (including phenoxy) is 1. The Balaban J connectivity index is 1.98. The first-order valence-corrected chi connectivity index (χ1v) is 10.1. The van der Waals surface area contributed by atoms with Crippen LogP contribution in [0.2, 0.25) is 0 Å². The van der Waals surface area contributed by atoms with E-state index >= 15 is 0 Å². The molecule has 1 amide bonds. The molecule has 0 saturated carbocycles. The van der Waals surface area contributed by atoms with Crippen molar-refractivity contribution in [3.05, 3.63) is 41.3 Å². The second kappa shape index (κ2) is 9.07. The molecule has 3 heterocycles. The first-order chi connectivity index (χ1) is 13.5. The molecule has 0 fully saturated rings. The molecule has 0 aromatic carbocycles. The Morgan fingerprint density at radius 1 is 1.36 bits per heavy atom. The van der Waals surface area contributed by atoms with E-state index in [0.29, 0.717) is 18.7 Å². The molecule has 1 atom stereocenters. The Morgan fingerprint density at radius 2 is 2.18 bits per heavy atom. The third kappa shape index (κ3) is 4.28. The van der Waals surface area contributed by atoms with Crippen LogP contribution in [0.15, 0.2) is 30.0 Å². The molecule has 0 spiro atoms. The van der Waals surface area contributed by atoms with Crippen LogP contribution in [0.1, 0.15) is 36.3 Å². The van der Waals surface area contributed by atoms with Gasteiger partial charge < -0.3 is 14.6 Å². The monoisotopic (exact) mass is 399 g/mol. The van der Waals surface area contributed by atoms with Crippen molar-refractivity contribution in [2.75, 3.05) is 13.7 Å². The minimum Gasteiger partial charge on any atom is -0.383 e. The molecule has 8 heteroatoms. The van der Waals surface area contributed by atoms with Crippen molar-refractivity contribution in [3.63, 3.8) is 0 Å². The number of aromatic nitrogens is 4. The molecule has 3 rings (SSSR count). The van der Waals surface area contributed by atoms with E-state index in [1.54, 1.807) is 25.7 Å². The van der Waals surface area contributed by atoms with Gasteiger partial charge in [-0.15, -0.1) is 11.3 Å². The Kier molecular flexibility index (Phi) is 6.53. The number of carbonyl (C=O) groups excluding carboxylic acids is 1. The first kappa shape index (κ1) is 20.2. The van der Waals surface area contributed by atoms with Crippen LogP contribution < -0.4 is 5.32 Å². The van der Waals surface area contributed by atoms with E-state index in [2.05, 4.69) is 26.8 Å². The van der Waals surface area contributed by atoms with Gasteiger partial charge in [0.25, 0.3) is 5.91 Å². The maximum absolute atomic E-state index is 12.7. The van der Waals surface area contributed by atoms with Crippen molar-refractivity contribution in [2.24, 2.45) is 0 Å². The van der Waals surface area contributed by atoms with E-state index in [1.165, 1.54) is 11.3 Å². The smallest absolute Gasteiger partial charge is 0.253 e. The molecule has 3 aromatic heterocycles. The molecule has 0 saturated heterocycles. The minimum absolute atomic E-state index is 0.0614. The summed E-state index contributed by atoms with van der Waals surface area (Å²) in [5.41, 5.74) is 4.02. The van der Waals surface area contributed by atoms with Gasteiger partial charge in [-0.1, -0.05) is 6.92 Å². The van der Waals surface area contributed by atoms with Crippen LogP contribution in [0.5, 0.6) is 0 Å². The van der Waals surface area contributed by atoms with Gasteiger partial charge in [0.1, 0.15) is 10.7 Å². The number of methoxy groups -OCH3 is 1. The highest BCUT2D eigenvalue weighted by Crippen LogP contribution is 2.30. The second-order valence-corrected chi connectivity index (χ2v) is 7.44. The highest BCUT2D eigenvalue weighted by molar-refractivity contribution is 7.13. The number of thiazole rings is 1. The summed E-state index contributed by atoms with van der Waals surface area (Å²) in [4.78, 5) is 25.9. The fraction of sp³-hybridized carbons (Fsp3) is 0.400. The standard InChI is InChI=1S/C20H25N5O2S/c1-5-13(2)23-19(26)15-10-18(25(14(15)3)8-9-27-4)17-12-28-20(24-17)16-11-21-6-7-22-16/h6-7,10-13H,5,8-9H2,1-4H3,(H,23,26). The average molecular weight is 400 g/mol. The molecule has 1 unspecified atom stereocenters. The Bertz CT molecular complexity index is 935. The zero-order chi connectivity index (χ0) is 20.1. The second-order valence-electron chi connectivity index (χ2n) is 6.58. The highest BCUT2D eigenvalue weighted by Gasteiger charge is 2.21. The van der Waals surface area contributed by atoms with Crippen LogP contribution in [0, 0.1) is 6.92 Å². The van der Waals surface area contributed by atoms with Crippen LogP contribution in [-0.2, 0) is 11.3 Å². The first-order valence-electron chi connectivity index (χ1n) is 9.27. The number of rotatable bonds is 8. The quantitative estimate of drug-likeness (QED) is 0.626. The lowest BCUT2D eigenvalue weighted by Gasteiger charge is -2.12. The highest BCUT2D eigenvalue weighted by atomic mass is 32.1. The van der Waals surface area contributed by atoms with Crippen LogP contribution in [-0.4, -0.2) is 45.2 Å². The molecule has 0 aliphatic carbocycles. The number of hydrogen-bond donors (Lipinski definition) is 1. The van der Waals surface area contributed by atoms with Crippen molar-refractivity contribution in [2.45, 2.75) is 39.8 Å². The van der Waals surface area contributed by atoms with Gasteiger partial charge in [0, 0.05) is 43.2 Å². The summed E-state index contributed by atoms with van der Waals surface area (Å²) < 4.78 is 7.35. The molecule has 148 valence electrons. The lowest BCUT2D eigenvalue weighted by molar-refractivity contribution is 0.0938. The largest absolute Gasteiger partial charge is 0.383 e. The Labute approximate surface area is 168 Å². The van der Waals surface area contributed by atoms with Gasteiger partial charge in [0.2, 0.25) is 0 Å². The lowest BCUT2D eigenvalue weighted by atomic mass is 10.2. The van der Waals surface area contributed by atoms with Crippen LogP contribution in [0.3, 0.4) is 0 Å². The van der Waals surface area contributed by atoms with Crippen molar-refractivity contribution in [1.82, 2.24) is 24.8 Å². The summed E-state index contributed by atoms with van der Waals surface area (Å²) in [7, 11) is 1.67. The molecular formula is C20H25N5O2S. The Morgan fingerprint density at radius 3 is 2.86 bits per heavy atom. The topological polar surface area (TPSA) is 81.9 Å². The van der Waals surface area contributed by atoms with E-state index in [4.69, 9.17) is 9.72 Å². The maximum atomic E-state index is 12.7. The number of hydrogen-bond acceptors (Lipinski definition) is 6. The number of nitrogens with one attached hydrogen (secondary N) is 1. The molecule has 3 aromatic rings. The van der Waals surface area contributed by atoms with Gasteiger partial charge in [-0.05, 0) is 26.3 Å². The molecule has 0 radical (unpaired) electrons. The molecular weight excluding hydrogens is 374 g/mol. The third-order valence-corrected chi connectivity index (χ3v) is 5.53. The van der Waals surface area contributed by atoms with E-state index in [0.717, 1.165) is 34.2 Å². The molecule has 0 aliphatic heterocycles. The van der Waals surface area contributed by atoms with E-state index in [-0.39, 0.29) is 11.9 Å². The van der Waals surface area contributed by atoms with Gasteiger partial charge in [-0.3, -0.25) is 14.8 Å². The van der Waals surface area contributed by atoms with Gasteiger partial charge in [0.05, 0.1) is 29.8 Å². The fourth-order valence-corrected chi connectivity index (χ4v) is 3.65. The number of nitrogens with zero attached hydrogens (tertiary/aromatic N) is 4. The van der Waals surface area contributed by atoms with Crippen LogP contribution in [0.4, 0.5) is 0 Å². The summed E-state index contributed by atoms with van der Waals surface area (Å²) in [6.07, 6.45) is 5.87. The Hall–Kier alpha value is -2.58. The number of amides is 1. The molecule has 0 bridgehead atoms. The predicted octanol–water partition coefficient (Wildman–Crippen LogP) is 3.55. The zero-order valence-electron chi connectivity index (χ0n) is 16.6. The fourth-order valence-electron chi connectivity index (χ4n) is 2.88. The summed E-state index contributed by atoms with van der Waals surface area (Å²) in [6, 6.07) is 2.04. The van der Waals surface area contributed by atoms with Crippen molar-refractivity contribution in [3.8, 4) is 22.1 Å². The summed E-state index contributed by atoms with van der Waals surface area (Å²) in [5, 5.41) is 5.83. The van der Waals surface area contributed by atoms with Gasteiger partial charge >= 0.3 is 0 Å². The normalized spacial score (nSPS) is 12.1. The van der Waals surface area contributed by atoms with Crippen molar-refractivity contribution >= 4 is 17.2 Å². The van der Waals surface area contributed by atoms with Gasteiger partial charge in [-0.2, -0.15) is 0 Å². The SMILES string of the molecule is CCC(C)NC(=O)c1cc(-c2csc(-c3cnccn3)n2)n(CCOC)c1C.